The number of Topliss-reactive ketones (excluding diaryl/α,β-unsaturated/α-hetero) is 1. The molecule has 0 saturated heterocycles. The van der Waals surface area contributed by atoms with Gasteiger partial charge in [-0.2, -0.15) is 4.79 Å². The molecular weight excluding hydrogens is 228 g/mol. The van der Waals surface area contributed by atoms with Gasteiger partial charge in [0, 0.05) is 0 Å². The number of rotatable bonds is 1. The van der Waals surface area contributed by atoms with Gasteiger partial charge in [-0.3, -0.25) is 4.79 Å². The second-order valence-electron chi connectivity index (χ2n) is 3.18. The summed E-state index contributed by atoms with van der Waals surface area (Å²) in [6.07, 6.45) is 0. The van der Waals surface area contributed by atoms with Gasteiger partial charge in [0.1, 0.15) is 5.75 Å². The highest BCUT2D eigenvalue weighted by atomic mass is 16.5. The van der Waals surface area contributed by atoms with Crippen LogP contribution in [0.5, 0.6) is 5.75 Å². The molecule has 1 aliphatic heterocycles. The Labute approximate surface area is 93.9 Å². The van der Waals surface area contributed by atoms with Crippen LogP contribution in [-0.2, 0) is 4.79 Å². The Morgan fingerprint density at radius 1 is 1.35 bits per heavy atom. The monoisotopic (exact) mass is 232 g/mol. The van der Waals surface area contributed by atoms with E-state index in [4.69, 9.17) is 15.4 Å². The van der Waals surface area contributed by atoms with Crippen molar-refractivity contribution in [2.75, 3.05) is 0 Å². The number of carbonyl (C=O) groups is 3. The molecule has 17 heavy (non-hydrogen) atoms. The van der Waals surface area contributed by atoms with Crippen LogP contribution in [0.3, 0.4) is 0 Å². The van der Waals surface area contributed by atoms with E-state index in [0.717, 1.165) is 6.07 Å². The molecule has 0 unspecified atom stereocenters. The number of nitrogens with zero attached hydrogens (tertiary/aromatic N) is 2. The van der Waals surface area contributed by atoms with E-state index in [1.54, 1.807) is 0 Å². The van der Waals surface area contributed by atoms with Crippen LogP contribution < -0.4 is 4.74 Å². The Balaban J connectivity index is 2.63. The molecule has 0 amide bonds. The van der Waals surface area contributed by atoms with Crippen molar-refractivity contribution in [2.45, 2.75) is 0 Å². The van der Waals surface area contributed by atoms with Gasteiger partial charge in [-0.15, -0.1) is 0 Å². The van der Waals surface area contributed by atoms with Crippen LogP contribution in [0, 0.1) is 0 Å². The van der Waals surface area contributed by atoms with Gasteiger partial charge in [0.15, 0.2) is 0 Å². The molecule has 0 fully saturated rings. The van der Waals surface area contributed by atoms with E-state index in [2.05, 4.69) is 4.79 Å². The summed E-state index contributed by atoms with van der Waals surface area (Å²) in [5, 5.41) is 8.75. The highest BCUT2D eigenvalue weighted by Gasteiger charge is 2.40. The molecule has 0 atom stereocenters. The fourth-order valence-corrected chi connectivity index (χ4v) is 1.38. The Kier molecular flexibility index (Phi) is 2.31. The number of carboxylic acid groups (broad SMARTS) is 1. The van der Waals surface area contributed by atoms with Crippen LogP contribution in [0.4, 0.5) is 0 Å². The largest absolute Gasteiger partial charge is 0.478 e. The zero-order chi connectivity index (χ0) is 12.6. The number of fused-ring (bicyclic) bond motifs is 1. The second-order valence-corrected chi connectivity index (χ2v) is 3.18. The minimum absolute atomic E-state index is 0.0580. The normalized spacial score (nSPS) is 13.8. The first-order valence-corrected chi connectivity index (χ1v) is 4.41. The summed E-state index contributed by atoms with van der Waals surface area (Å²) in [4.78, 5) is 36.1. The van der Waals surface area contributed by atoms with Crippen LogP contribution in [0.25, 0.3) is 5.53 Å². The second kappa shape index (κ2) is 3.66. The molecule has 1 heterocycles. The Hall–Kier alpha value is -2.79. The molecule has 1 aromatic rings. The van der Waals surface area contributed by atoms with Gasteiger partial charge in [0.2, 0.25) is 0 Å². The quantitative estimate of drug-likeness (QED) is 0.320. The van der Waals surface area contributed by atoms with Crippen molar-refractivity contribution in [3.63, 3.8) is 0 Å². The lowest BCUT2D eigenvalue weighted by molar-refractivity contribution is -0.131. The van der Waals surface area contributed by atoms with Crippen molar-refractivity contribution in [3.05, 3.63) is 34.9 Å². The third kappa shape index (κ3) is 1.60. The van der Waals surface area contributed by atoms with Gasteiger partial charge in [0.25, 0.3) is 5.78 Å². The van der Waals surface area contributed by atoms with E-state index in [9.17, 15) is 14.4 Å². The lowest BCUT2D eigenvalue weighted by atomic mass is 10.0. The van der Waals surface area contributed by atoms with E-state index in [1.165, 1.54) is 12.1 Å². The standard InChI is InChI=1S/C10H4N2O5/c11-12-7-8(13)5-3-4(9(14)15)1-2-6(5)17-10(7)16/h1-3H,(H,14,15). The maximum Gasteiger partial charge on any atom is 0.446 e. The van der Waals surface area contributed by atoms with Crippen molar-refractivity contribution in [1.29, 1.82) is 0 Å². The molecule has 0 aromatic heterocycles. The minimum Gasteiger partial charge on any atom is -0.478 e. The first-order valence-electron chi connectivity index (χ1n) is 4.41. The van der Waals surface area contributed by atoms with E-state index in [1.807, 2.05) is 0 Å². The summed E-state index contributed by atoms with van der Waals surface area (Å²) in [6.45, 7) is 0. The number of carboxylic acids is 1. The maximum absolute atomic E-state index is 11.6. The molecule has 0 spiro atoms. The molecule has 84 valence electrons. The number of hydrogen-bond donors (Lipinski definition) is 1. The van der Waals surface area contributed by atoms with Crippen LogP contribution in [-0.4, -0.2) is 33.3 Å². The van der Waals surface area contributed by atoms with Gasteiger partial charge in [-0.1, -0.05) is 0 Å². The number of hydrogen-bond acceptors (Lipinski definition) is 4. The maximum atomic E-state index is 11.6. The van der Waals surface area contributed by atoms with Gasteiger partial charge < -0.3 is 15.4 Å². The van der Waals surface area contributed by atoms with Gasteiger partial charge in [-0.25, -0.2) is 9.59 Å². The Morgan fingerprint density at radius 3 is 2.65 bits per heavy atom. The van der Waals surface area contributed by atoms with Crippen LogP contribution >= 0.6 is 0 Å². The smallest absolute Gasteiger partial charge is 0.446 e. The molecule has 1 aromatic carbocycles. The first-order chi connectivity index (χ1) is 8.04. The number of benzene rings is 1. The minimum atomic E-state index is -1.22. The Bertz CT molecular complexity index is 613. The summed E-state index contributed by atoms with van der Waals surface area (Å²) >= 11 is 0. The number of ketones is 1. The topological polar surface area (TPSA) is 117 Å². The first kappa shape index (κ1) is 10.7. The fraction of sp³-hybridized carbons (Fsp3) is 0. The van der Waals surface area contributed by atoms with E-state index >= 15 is 0 Å². The molecule has 0 aliphatic carbocycles. The summed E-state index contributed by atoms with van der Waals surface area (Å²) < 4.78 is 4.70. The van der Waals surface area contributed by atoms with Gasteiger partial charge in [0.05, 0.1) is 11.1 Å². The predicted molar refractivity (Wildman–Crippen MR) is 52.0 cm³/mol. The summed E-state index contributed by atoms with van der Waals surface area (Å²) in [5.74, 6) is -3.23. The number of aromatic carboxylic acids is 1. The highest BCUT2D eigenvalue weighted by Crippen LogP contribution is 2.25. The average molecular weight is 232 g/mol. The molecule has 0 saturated carbocycles. The van der Waals surface area contributed by atoms with E-state index in [-0.39, 0.29) is 16.9 Å². The highest BCUT2D eigenvalue weighted by molar-refractivity contribution is 6.67. The molecule has 0 radical (unpaired) electrons. The molecule has 0 bridgehead atoms. The van der Waals surface area contributed by atoms with E-state index in [0.29, 0.717) is 0 Å². The third-order valence-corrected chi connectivity index (χ3v) is 2.18. The summed E-state index contributed by atoms with van der Waals surface area (Å²) in [6, 6.07) is 3.45. The molecule has 1 N–H and O–H groups in total. The van der Waals surface area contributed by atoms with Crippen LogP contribution in [0.2, 0.25) is 0 Å². The van der Waals surface area contributed by atoms with Crippen LogP contribution in [0.1, 0.15) is 20.7 Å². The van der Waals surface area contributed by atoms with Crippen molar-refractivity contribution < 1.29 is 29.0 Å². The average Bonchev–Trinajstić information content (AvgIpc) is 2.29. The molecule has 7 nitrogen and oxygen atoms in total. The number of ether oxygens (including phenoxy) is 1. The fourth-order valence-electron chi connectivity index (χ4n) is 1.38. The molecule has 2 rings (SSSR count). The number of carbonyl (C=O) groups excluding carboxylic acids is 2. The molecular formula is C10H4N2O5. The number of esters is 1. The Morgan fingerprint density at radius 2 is 2.06 bits per heavy atom. The SMILES string of the molecule is [N-]=[N+]=C1C(=O)Oc2ccc(C(=O)O)cc2C1=O. The summed E-state index contributed by atoms with van der Waals surface area (Å²) in [7, 11) is 0. The van der Waals surface area contributed by atoms with Crippen molar-refractivity contribution >= 4 is 23.4 Å². The van der Waals surface area contributed by atoms with Gasteiger partial charge >= 0.3 is 17.7 Å². The lowest BCUT2D eigenvalue weighted by Gasteiger charge is -2.11. The van der Waals surface area contributed by atoms with Crippen molar-refractivity contribution in [1.82, 2.24) is 0 Å². The van der Waals surface area contributed by atoms with Crippen molar-refractivity contribution in [3.8, 4) is 5.75 Å². The lowest BCUT2D eigenvalue weighted by Crippen LogP contribution is -2.34. The third-order valence-electron chi connectivity index (χ3n) is 2.18. The van der Waals surface area contributed by atoms with Crippen molar-refractivity contribution in [2.24, 2.45) is 0 Å². The summed E-state index contributed by atoms with van der Waals surface area (Å²) in [5.41, 5.74) is 7.45. The predicted octanol–water partition coefficient (Wildman–Crippen LogP) is 0.157. The zero-order valence-corrected chi connectivity index (χ0v) is 8.21. The van der Waals surface area contributed by atoms with Gasteiger partial charge in [-0.05, 0) is 18.2 Å². The van der Waals surface area contributed by atoms with E-state index < -0.39 is 23.4 Å². The molecule has 7 heteroatoms. The molecule has 1 aliphatic rings. The zero-order valence-electron chi connectivity index (χ0n) is 8.21. The van der Waals surface area contributed by atoms with Crippen LogP contribution in [0.15, 0.2) is 18.2 Å².